The molecule has 1 aliphatic heterocycles. The number of hydrogen-bond acceptors (Lipinski definition) is 3. The Labute approximate surface area is 172 Å². The van der Waals surface area contributed by atoms with E-state index in [-0.39, 0.29) is 30.6 Å². The van der Waals surface area contributed by atoms with E-state index in [4.69, 9.17) is 0 Å². The Morgan fingerprint density at radius 2 is 1.63 bits per heavy atom. The van der Waals surface area contributed by atoms with E-state index in [1.165, 1.54) is 6.07 Å². The van der Waals surface area contributed by atoms with Gasteiger partial charge in [0, 0.05) is 17.3 Å². The van der Waals surface area contributed by atoms with Crippen LogP contribution in [0.2, 0.25) is 0 Å². The molecule has 0 saturated carbocycles. The van der Waals surface area contributed by atoms with Gasteiger partial charge in [0.25, 0.3) is 11.8 Å². The summed E-state index contributed by atoms with van der Waals surface area (Å²) in [4.78, 5) is 39.2. The van der Waals surface area contributed by atoms with Crippen LogP contribution in [0, 0.1) is 11.6 Å². The molecule has 1 heterocycles. The fourth-order valence-corrected chi connectivity index (χ4v) is 3.21. The molecule has 0 spiro atoms. The maximum Gasteiger partial charge on any atom is 0.275 e. The molecule has 1 saturated heterocycles. The van der Waals surface area contributed by atoms with Gasteiger partial charge in [-0.25, -0.2) is 8.78 Å². The minimum Gasteiger partial charge on any atom is -0.342 e. The summed E-state index contributed by atoms with van der Waals surface area (Å²) in [7, 11) is 0. The van der Waals surface area contributed by atoms with Crippen molar-refractivity contribution in [3.63, 3.8) is 0 Å². The van der Waals surface area contributed by atoms with Gasteiger partial charge in [0.1, 0.15) is 0 Å². The first-order valence-corrected chi connectivity index (χ1v) is 9.62. The average molecular weight is 417 g/mol. The van der Waals surface area contributed by atoms with Crippen LogP contribution in [0.3, 0.4) is 0 Å². The van der Waals surface area contributed by atoms with Crippen molar-refractivity contribution in [1.29, 1.82) is 0 Å². The Morgan fingerprint density at radius 1 is 0.933 bits per heavy atom. The van der Waals surface area contributed by atoms with Crippen LogP contribution in [-0.2, 0) is 9.59 Å². The Morgan fingerprint density at radius 3 is 2.30 bits per heavy atom. The standard InChI is InChI=1S/C21H22F2N4O3/c22-17-7-6-16(12-18(17)23)25-19(28)13-24-20(29)14-26-8-10-27(11-9-26)21(30)15-4-2-1-3-5-15/h1-7,12H,8-11,13-14H2,(H,24,29)(H,25,28)/p+1. The van der Waals surface area contributed by atoms with Crippen LogP contribution in [0.1, 0.15) is 10.4 Å². The van der Waals surface area contributed by atoms with Crippen molar-refractivity contribution in [3.8, 4) is 0 Å². The number of rotatable bonds is 6. The second kappa shape index (κ2) is 9.93. The first-order valence-electron chi connectivity index (χ1n) is 9.62. The lowest BCUT2D eigenvalue weighted by molar-refractivity contribution is -0.896. The maximum atomic E-state index is 13.2. The van der Waals surface area contributed by atoms with Crippen molar-refractivity contribution in [2.75, 3.05) is 44.6 Å². The van der Waals surface area contributed by atoms with Crippen molar-refractivity contribution in [2.24, 2.45) is 0 Å². The molecule has 0 unspecified atom stereocenters. The molecule has 9 heteroatoms. The highest BCUT2D eigenvalue weighted by Crippen LogP contribution is 2.12. The molecule has 0 radical (unpaired) electrons. The normalized spacial score (nSPS) is 14.3. The molecule has 0 aliphatic carbocycles. The van der Waals surface area contributed by atoms with Crippen LogP contribution < -0.4 is 15.5 Å². The summed E-state index contributed by atoms with van der Waals surface area (Å²) in [5.41, 5.74) is 0.753. The summed E-state index contributed by atoms with van der Waals surface area (Å²) >= 11 is 0. The number of halogens is 2. The van der Waals surface area contributed by atoms with Gasteiger partial charge in [-0.2, -0.15) is 0 Å². The minimum atomic E-state index is -1.06. The van der Waals surface area contributed by atoms with E-state index in [1.807, 2.05) is 18.2 Å². The molecule has 7 nitrogen and oxygen atoms in total. The van der Waals surface area contributed by atoms with E-state index >= 15 is 0 Å². The van der Waals surface area contributed by atoms with Gasteiger partial charge in [-0.05, 0) is 24.3 Å². The van der Waals surface area contributed by atoms with E-state index in [0.717, 1.165) is 17.0 Å². The molecule has 0 atom stereocenters. The fraction of sp³-hybridized carbons (Fsp3) is 0.286. The largest absolute Gasteiger partial charge is 0.342 e. The van der Waals surface area contributed by atoms with Gasteiger partial charge in [-0.3, -0.25) is 14.4 Å². The minimum absolute atomic E-state index is 0.0204. The molecular formula is C21H23F2N4O3+. The summed E-state index contributed by atoms with van der Waals surface area (Å²) in [6, 6.07) is 12.1. The predicted octanol–water partition coefficient (Wildman–Crippen LogP) is 0.0604. The predicted molar refractivity (Wildman–Crippen MR) is 106 cm³/mol. The second-order valence-electron chi connectivity index (χ2n) is 7.04. The first-order chi connectivity index (χ1) is 14.4. The van der Waals surface area contributed by atoms with Gasteiger partial charge in [0.15, 0.2) is 18.2 Å². The SMILES string of the molecule is O=C(C[NH+]1CCN(C(=O)c2ccccc2)CC1)NCC(=O)Nc1ccc(F)c(F)c1. The number of anilines is 1. The molecule has 3 amide bonds. The van der Waals surface area contributed by atoms with Crippen molar-refractivity contribution in [3.05, 3.63) is 65.7 Å². The Bertz CT molecular complexity index is 916. The second-order valence-corrected chi connectivity index (χ2v) is 7.04. The molecule has 2 aromatic rings. The van der Waals surface area contributed by atoms with Crippen molar-refractivity contribution < 1.29 is 28.1 Å². The summed E-state index contributed by atoms with van der Waals surface area (Å²) in [6.45, 7) is 2.27. The van der Waals surface area contributed by atoms with E-state index < -0.39 is 17.5 Å². The Hall–Kier alpha value is -3.33. The molecule has 1 fully saturated rings. The van der Waals surface area contributed by atoms with Gasteiger partial charge in [0.2, 0.25) is 5.91 Å². The number of nitrogens with one attached hydrogen (secondary N) is 3. The van der Waals surface area contributed by atoms with Crippen molar-refractivity contribution in [1.82, 2.24) is 10.2 Å². The molecule has 158 valence electrons. The molecular weight excluding hydrogens is 394 g/mol. The van der Waals surface area contributed by atoms with Gasteiger partial charge >= 0.3 is 0 Å². The van der Waals surface area contributed by atoms with E-state index in [9.17, 15) is 23.2 Å². The summed E-state index contributed by atoms with van der Waals surface area (Å²) < 4.78 is 26.1. The van der Waals surface area contributed by atoms with Crippen LogP contribution in [0.25, 0.3) is 0 Å². The fourth-order valence-electron chi connectivity index (χ4n) is 3.21. The number of piperazine rings is 1. The van der Waals surface area contributed by atoms with Crippen LogP contribution >= 0.6 is 0 Å². The third-order valence-electron chi connectivity index (χ3n) is 4.84. The molecule has 0 bridgehead atoms. The lowest BCUT2D eigenvalue weighted by Crippen LogP contribution is -3.15. The highest BCUT2D eigenvalue weighted by molar-refractivity contribution is 5.95. The maximum absolute atomic E-state index is 13.2. The molecule has 30 heavy (non-hydrogen) atoms. The molecule has 3 N–H and O–H groups in total. The zero-order valence-electron chi connectivity index (χ0n) is 16.3. The number of hydrogen-bond donors (Lipinski definition) is 3. The molecule has 3 rings (SSSR count). The lowest BCUT2D eigenvalue weighted by Gasteiger charge is -2.31. The zero-order chi connectivity index (χ0) is 21.5. The third-order valence-corrected chi connectivity index (χ3v) is 4.84. The third kappa shape index (κ3) is 5.84. The van der Waals surface area contributed by atoms with Crippen LogP contribution in [0.4, 0.5) is 14.5 Å². The molecule has 0 aromatic heterocycles. The smallest absolute Gasteiger partial charge is 0.275 e. The monoisotopic (exact) mass is 417 g/mol. The van der Waals surface area contributed by atoms with E-state index in [0.29, 0.717) is 31.7 Å². The number of nitrogens with zero attached hydrogens (tertiary/aromatic N) is 1. The van der Waals surface area contributed by atoms with Crippen LogP contribution in [-0.4, -0.2) is 61.9 Å². The van der Waals surface area contributed by atoms with Gasteiger partial charge < -0.3 is 20.4 Å². The van der Waals surface area contributed by atoms with E-state index in [2.05, 4.69) is 10.6 Å². The van der Waals surface area contributed by atoms with Crippen molar-refractivity contribution in [2.45, 2.75) is 0 Å². The van der Waals surface area contributed by atoms with Gasteiger partial charge in [-0.1, -0.05) is 18.2 Å². The Kier molecular flexibility index (Phi) is 7.08. The number of carbonyl (C=O) groups excluding carboxylic acids is 3. The number of amides is 3. The topological polar surface area (TPSA) is 83.0 Å². The van der Waals surface area contributed by atoms with Gasteiger partial charge in [-0.15, -0.1) is 0 Å². The summed E-state index contributed by atoms with van der Waals surface area (Å²) in [5.74, 6) is -2.93. The Balaban J connectivity index is 1.38. The zero-order valence-corrected chi connectivity index (χ0v) is 16.3. The van der Waals surface area contributed by atoms with Gasteiger partial charge in [0.05, 0.1) is 32.7 Å². The first kappa shape index (κ1) is 21.4. The van der Waals surface area contributed by atoms with Crippen LogP contribution in [0.5, 0.6) is 0 Å². The highest BCUT2D eigenvalue weighted by Gasteiger charge is 2.25. The summed E-state index contributed by atoms with van der Waals surface area (Å²) in [5, 5.41) is 4.91. The van der Waals surface area contributed by atoms with E-state index in [1.54, 1.807) is 17.0 Å². The lowest BCUT2D eigenvalue weighted by atomic mass is 10.2. The number of quaternary nitrogens is 1. The van der Waals surface area contributed by atoms with Crippen molar-refractivity contribution >= 4 is 23.4 Å². The molecule has 1 aliphatic rings. The number of benzene rings is 2. The quantitative estimate of drug-likeness (QED) is 0.622. The highest BCUT2D eigenvalue weighted by atomic mass is 19.2. The van der Waals surface area contributed by atoms with Crippen LogP contribution in [0.15, 0.2) is 48.5 Å². The average Bonchev–Trinajstić information content (AvgIpc) is 2.75. The molecule has 2 aromatic carbocycles. The number of carbonyl (C=O) groups is 3. The summed E-state index contributed by atoms with van der Waals surface area (Å²) in [6.07, 6.45) is 0.